The van der Waals surface area contributed by atoms with Crippen LogP contribution in [0.1, 0.15) is 32.1 Å². The fourth-order valence-electron chi connectivity index (χ4n) is 4.11. The van der Waals surface area contributed by atoms with Crippen LogP contribution in [0.15, 0.2) is 24.5 Å². The van der Waals surface area contributed by atoms with E-state index in [1.807, 2.05) is 11.0 Å². The number of carbonyl (C=O) groups is 2. The van der Waals surface area contributed by atoms with Gasteiger partial charge in [0.2, 0.25) is 5.91 Å². The second-order valence-electron chi connectivity index (χ2n) is 7.21. The molecule has 3 fully saturated rings. The average Bonchev–Trinajstić information content (AvgIpc) is 3.23. The highest BCUT2D eigenvalue weighted by atomic mass is 16.5. The Hall–Kier alpha value is -2.15. The van der Waals surface area contributed by atoms with Crippen molar-refractivity contribution in [3.8, 4) is 0 Å². The third-order valence-electron chi connectivity index (χ3n) is 5.39. The van der Waals surface area contributed by atoms with Crippen molar-refractivity contribution in [1.29, 1.82) is 0 Å². The molecule has 0 unspecified atom stereocenters. The minimum Gasteiger partial charge on any atom is -0.370 e. The molecule has 3 aliphatic rings. The molecule has 4 rings (SSSR count). The SMILES string of the molecule is O=C(Nc1cccnc1)[C@H]1C[C@@H]2CN(C(=O)NC3CCCC3)C[C@H]1O2. The van der Waals surface area contributed by atoms with E-state index in [1.54, 1.807) is 18.5 Å². The number of pyridine rings is 1. The Morgan fingerprint density at radius 2 is 2.08 bits per heavy atom. The Morgan fingerprint density at radius 3 is 2.84 bits per heavy atom. The molecule has 25 heavy (non-hydrogen) atoms. The second kappa shape index (κ2) is 7.00. The number of hydrogen-bond acceptors (Lipinski definition) is 4. The number of anilines is 1. The summed E-state index contributed by atoms with van der Waals surface area (Å²) in [6, 6.07) is 3.89. The first-order chi connectivity index (χ1) is 12.2. The third-order valence-corrected chi connectivity index (χ3v) is 5.39. The van der Waals surface area contributed by atoms with Gasteiger partial charge in [-0.25, -0.2) is 4.79 Å². The average molecular weight is 344 g/mol. The van der Waals surface area contributed by atoms with Gasteiger partial charge in [0, 0.05) is 25.3 Å². The summed E-state index contributed by atoms with van der Waals surface area (Å²) < 4.78 is 5.92. The summed E-state index contributed by atoms with van der Waals surface area (Å²) in [5, 5.41) is 6.02. The first-order valence-electron chi connectivity index (χ1n) is 9.11. The van der Waals surface area contributed by atoms with Gasteiger partial charge in [0.1, 0.15) is 0 Å². The lowest BCUT2D eigenvalue weighted by atomic mass is 9.99. The highest BCUT2D eigenvalue weighted by Gasteiger charge is 2.46. The molecule has 2 aliphatic heterocycles. The molecule has 1 aromatic heterocycles. The highest BCUT2D eigenvalue weighted by Crippen LogP contribution is 2.33. The van der Waals surface area contributed by atoms with Crippen molar-refractivity contribution in [2.24, 2.45) is 5.92 Å². The van der Waals surface area contributed by atoms with Crippen LogP contribution in [-0.4, -0.2) is 53.2 Å². The van der Waals surface area contributed by atoms with Crippen molar-refractivity contribution in [1.82, 2.24) is 15.2 Å². The van der Waals surface area contributed by atoms with E-state index in [4.69, 9.17) is 4.74 Å². The van der Waals surface area contributed by atoms with Gasteiger partial charge in [-0.05, 0) is 31.4 Å². The van der Waals surface area contributed by atoms with E-state index in [2.05, 4.69) is 15.6 Å². The number of rotatable bonds is 3. The number of carbonyl (C=O) groups excluding carboxylic acids is 2. The van der Waals surface area contributed by atoms with Crippen molar-refractivity contribution >= 4 is 17.6 Å². The minimum atomic E-state index is -0.232. The maximum absolute atomic E-state index is 12.6. The van der Waals surface area contributed by atoms with E-state index in [-0.39, 0.29) is 30.1 Å². The van der Waals surface area contributed by atoms with Crippen LogP contribution in [0.5, 0.6) is 0 Å². The van der Waals surface area contributed by atoms with E-state index >= 15 is 0 Å². The van der Waals surface area contributed by atoms with Crippen molar-refractivity contribution in [3.05, 3.63) is 24.5 Å². The molecule has 7 nitrogen and oxygen atoms in total. The van der Waals surface area contributed by atoms with Gasteiger partial charge in [-0.15, -0.1) is 0 Å². The molecule has 134 valence electrons. The van der Waals surface area contributed by atoms with Crippen LogP contribution in [0.4, 0.5) is 10.5 Å². The minimum absolute atomic E-state index is 0.0153. The molecule has 2 bridgehead atoms. The molecule has 1 aromatic rings. The van der Waals surface area contributed by atoms with Crippen LogP contribution < -0.4 is 10.6 Å². The molecule has 1 saturated carbocycles. The second-order valence-corrected chi connectivity index (χ2v) is 7.21. The number of aromatic nitrogens is 1. The van der Waals surface area contributed by atoms with Gasteiger partial charge in [0.05, 0.1) is 30.0 Å². The summed E-state index contributed by atoms with van der Waals surface area (Å²) >= 11 is 0. The highest BCUT2D eigenvalue weighted by molar-refractivity contribution is 5.93. The fraction of sp³-hybridized carbons (Fsp3) is 0.611. The third kappa shape index (κ3) is 3.61. The Bertz CT molecular complexity index is 632. The van der Waals surface area contributed by atoms with Gasteiger partial charge in [0.25, 0.3) is 0 Å². The smallest absolute Gasteiger partial charge is 0.317 e. The zero-order chi connectivity index (χ0) is 17.2. The van der Waals surface area contributed by atoms with E-state index in [1.165, 1.54) is 12.8 Å². The summed E-state index contributed by atoms with van der Waals surface area (Å²) in [5.41, 5.74) is 0.685. The quantitative estimate of drug-likeness (QED) is 0.875. The number of nitrogens with one attached hydrogen (secondary N) is 2. The number of nitrogens with zero attached hydrogens (tertiary/aromatic N) is 2. The van der Waals surface area contributed by atoms with Crippen LogP contribution in [0.2, 0.25) is 0 Å². The van der Waals surface area contributed by atoms with Gasteiger partial charge in [-0.3, -0.25) is 9.78 Å². The molecule has 7 heteroatoms. The molecule has 3 amide bonds. The zero-order valence-electron chi connectivity index (χ0n) is 14.2. The predicted molar refractivity (Wildman–Crippen MR) is 92.0 cm³/mol. The largest absolute Gasteiger partial charge is 0.370 e. The van der Waals surface area contributed by atoms with Gasteiger partial charge in [-0.2, -0.15) is 0 Å². The summed E-state index contributed by atoms with van der Waals surface area (Å²) in [5.74, 6) is -0.284. The van der Waals surface area contributed by atoms with Crippen LogP contribution >= 0.6 is 0 Å². The zero-order valence-corrected chi connectivity index (χ0v) is 14.2. The lowest BCUT2D eigenvalue weighted by Crippen LogP contribution is -2.52. The number of urea groups is 1. The van der Waals surface area contributed by atoms with Crippen molar-refractivity contribution in [2.75, 3.05) is 18.4 Å². The van der Waals surface area contributed by atoms with Gasteiger partial charge in [-0.1, -0.05) is 12.8 Å². The normalized spacial score (nSPS) is 28.8. The number of morpholine rings is 1. The predicted octanol–water partition coefficient (Wildman–Crippen LogP) is 1.76. The first-order valence-corrected chi connectivity index (χ1v) is 9.11. The number of likely N-dealkylation sites (tertiary alicyclic amines) is 1. The van der Waals surface area contributed by atoms with Gasteiger partial charge >= 0.3 is 6.03 Å². The summed E-state index contributed by atoms with van der Waals surface area (Å²) in [6.07, 6.45) is 8.18. The van der Waals surface area contributed by atoms with Crippen molar-refractivity contribution in [2.45, 2.75) is 50.4 Å². The van der Waals surface area contributed by atoms with Gasteiger partial charge < -0.3 is 20.3 Å². The standard InChI is InChI=1S/C18H24N4O3/c23-17(20-13-6-3-7-19-9-13)15-8-14-10-22(11-16(15)25-14)18(24)21-12-4-1-2-5-12/h3,6-7,9,12,14-16H,1-2,4-5,8,10-11H2,(H,20,23)(H,21,24)/t14-,15+,16-/m1/s1. The number of hydrogen-bond donors (Lipinski definition) is 2. The van der Waals surface area contributed by atoms with Gasteiger partial charge in [0.15, 0.2) is 0 Å². The Balaban J connectivity index is 1.35. The van der Waals surface area contributed by atoms with Crippen LogP contribution in [0.25, 0.3) is 0 Å². The Labute approximate surface area is 147 Å². The molecule has 2 N–H and O–H groups in total. The van der Waals surface area contributed by atoms with E-state index < -0.39 is 0 Å². The Morgan fingerprint density at radius 1 is 1.24 bits per heavy atom. The summed E-state index contributed by atoms with van der Waals surface area (Å²) in [7, 11) is 0. The maximum Gasteiger partial charge on any atom is 0.317 e. The van der Waals surface area contributed by atoms with Crippen LogP contribution in [0, 0.1) is 5.92 Å². The molecule has 3 atom stereocenters. The topological polar surface area (TPSA) is 83.6 Å². The van der Waals surface area contributed by atoms with Crippen molar-refractivity contribution in [3.63, 3.8) is 0 Å². The van der Waals surface area contributed by atoms with E-state index in [9.17, 15) is 9.59 Å². The molecule has 1 aliphatic carbocycles. The lowest BCUT2D eigenvalue weighted by molar-refractivity contribution is -0.122. The molecular formula is C18H24N4O3. The molecule has 2 saturated heterocycles. The van der Waals surface area contributed by atoms with E-state index in [0.29, 0.717) is 31.2 Å². The summed E-state index contributed by atoms with van der Waals surface area (Å²) in [6.45, 7) is 1.03. The number of ether oxygens (including phenoxy) is 1. The van der Waals surface area contributed by atoms with Crippen molar-refractivity contribution < 1.29 is 14.3 Å². The lowest BCUT2D eigenvalue weighted by Gasteiger charge is -2.33. The molecule has 0 radical (unpaired) electrons. The van der Waals surface area contributed by atoms with Crippen LogP contribution in [-0.2, 0) is 9.53 Å². The van der Waals surface area contributed by atoms with E-state index in [0.717, 1.165) is 12.8 Å². The molecule has 3 heterocycles. The monoisotopic (exact) mass is 344 g/mol. The molecule has 0 aromatic carbocycles. The maximum atomic E-state index is 12.6. The first kappa shape index (κ1) is 16.3. The number of fused-ring (bicyclic) bond motifs is 2. The Kier molecular flexibility index (Phi) is 4.57. The molecular weight excluding hydrogens is 320 g/mol. The fourth-order valence-corrected chi connectivity index (χ4v) is 4.11. The number of amides is 3. The van der Waals surface area contributed by atoms with Crippen LogP contribution in [0.3, 0.4) is 0 Å². The molecule has 0 spiro atoms. The summed E-state index contributed by atoms with van der Waals surface area (Å²) in [4.78, 5) is 30.9.